The van der Waals surface area contributed by atoms with E-state index < -0.39 is 6.10 Å². The van der Waals surface area contributed by atoms with Crippen LogP contribution in [0.2, 0.25) is 0 Å². The first-order valence-electron chi connectivity index (χ1n) is 6.66. The van der Waals surface area contributed by atoms with Gasteiger partial charge in [0, 0.05) is 13.1 Å². The zero-order valence-electron chi connectivity index (χ0n) is 10.9. The second kappa shape index (κ2) is 5.79. The van der Waals surface area contributed by atoms with Crippen LogP contribution in [0.5, 0.6) is 0 Å². The number of aliphatic hydroxyl groups is 1. The Morgan fingerprint density at radius 2 is 2.35 bits per heavy atom. The van der Waals surface area contributed by atoms with Crippen molar-refractivity contribution in [3.05, 3.63) is 6.33 Å². The maximum Gasteiger partial charge on any atom is 0.228 e. The number of amides is 1. The van der Waals surface area contributed by atoms with Crippen molar-refractivity contribution in [3.63, 3.8) is 0 Å². The van der Waals surface area contributed by atoms with Gasteiger partial charge in [-0.2, -0.15) is 0 Å². The number of hydrogen-bond acceptors (Lipinski definition) is 8. The van der Waals surface area contributed by atoms with Gasteiger partial charge in [0.15, 0.2) is 0 Å². The van der Waals surface area contributed by atoms with Gasteiger partial charge in [-0.05, 0) is 23.4 Å². The van der Waals surface area contributed by atoms with Crippen molar-refractivity contribution in [2.24, 2.45) is 5.92 Å². The molecule has 0 aliphatic carbocycles. The lowest BCUT2D eigenvalue weighted by atomic mass is 10.0. The lowest BCUT2D eigenvalue weighted by molar-refractivity contribution is -0.127. The van der Waals surface area contributed by atoms with Gasteiger partial charge < -0.3 is 15.7 Å². The molecule has 2 fully saturated rings. The molecule has 1 amide bonds. The van der Waals surface area contributed by atoms with Gasteiger partial charge in [-0.3, -0.25) is 10.2 Å². The molecule has 2 saturated heterocycles. The van der Waals surface area contributed by atoms with Crippen LogP contribution in [-0.2, 0) is 4.79 Å². The molecule has 1 aromatic rings. The summed E-state index contributed by atoms with van der Waals surface area (Å²) in [5.74, 6) is -0.450. The Morgan fingerprint density at radius 3 is 3.10 bits per heavy atom. The molecular formula is C10H18N8O2. The number of carbonyl (C=O) groups is 1. The maximum absolute atomic E-state index is 12.4. The van der Waals surface area contributed by atoms with Crippen LogP contribution in [0.15, 0.2) is 6.33 Å². The number of hydrazine groups is 1. The van der Waals surface area contributed by atoms with Crippen molar-refractivity contribution in [1.82, 2.24) is 41.7 Å². The summed E-state index contributed by atoms with van der Waals surface area (Å²) >= 11 is 0. The molecule has 0 radical (unpaired) electrons. The normalized spacial score (nSPS) is 34.0. The number of hydrogen-bond donors (Lipinski definition) is 5. The second-order valence-corrected chi connectivity index (χ2v) is 5.04. The molecule has 2 unspecified atom stereocenters. The summed E-state index contributed by atoms with van der Waals surface area (Å²) in [4.78, 5) is 12.4. The lowest BCUT2D eigenvalue weighted by Crippen LogP contribution is -2.54. The minimum atomic E-state index is -0.554. The fourth-order valence-electron chi connectivity index (χ4n) is 2.57. The Hall–Kier alpha value is -1.62. The maximum atomic E-state index is 12.4. The molecule has 4 atom stereocenters. The Labute approximate surface area is 115 Å². The van der Waals surface area contributed by atoms with Crippen molar-refractivity contribution < 1.29 is 9.90 Å². The van der Waals surface area contributed by atoms with Gasteiger partial charge in [0.1, 0.15) is 12.5 Å². The molecular weight excluding hydrogens is 264 g/mol. The molecule has 1 aromatic heterocycles. The van der Waals surface area contributed by atoms with Gasteiger partial charge in [-0.1, -0.05) is 0 Å². The molecule has 110 valence electrons. The number of carbonyl (C=O) groups excluding carboxylic acids is 1. The van der Waals surface area contributed by atoms with Crippen LogP contribution in [0.3, 0.4) is 0 Å². The van der Waals surface area contributed by atoms with Crippen LogP contribution in [0, 0.1) is 5.92 Å². The molecule has 20 heavy (non-hydrogen) atoms. The van der Waals surface area contributed by atoms with Crippen LogP contribution in [0.25, 0.3) is 0 Å². The molecule has 0 aromatic carbocycles. The van der Waals surface area contributed by atoms with E-state index in [2.05, 4.69) is 37.0 Å². The van der Waals surface area contributed by atoms with E-state index in [1.54, 1.807) is 0 Å². The van der Waals surface area contributed by atoms with E-state index in [0.717, 1.165) is 13.0 Å². The topological polar surface area (TPSA) is 129 Å². The predicted molar refractivity (Wildman–Crippen MR) is 66.9 cm³/mol. The predicted octanol–water partition coefficient (Wildman–Crippen LogP) is -3.27. The molecule has 0 saturated carbocycles. The Balaban J connectivity index is 1.64. The summed E-state index contributed by atoms with van der Waals surface area (Å²) in [7, 11) is 0. The smallest absolute Gasteiger partial charge is 0.228 e. The molecule has 3 heterocycles. The van der Waals surface area contributed by atoms with Gasteiger partial charge >= 0.3 is 0 Å². The molecule has 2 aliphatic heterocycles. The Morgan fingerprint density at radius 1 is 1.45 bits per heavy atom. The molecule has 0 spiro atoms. The van der Waals surface area contributed by atoms with Crippen molar-refractivity contribution in [1.29, 1.82) is 0 Å². The summed E-state index contributed by atoms with van der Waals surface area (Å²) in [5.41, 5.74) is 5.91. The van der Waals surface area contributed by atoms with Crippen LogP contribution in [0.1, 0.15) is 12.6 Å². The Kier molecular flexibility index (Phi) is 3.87. The van der Waals surface area contributed by atoms with Crippen LogP contribution in [-0.4, -0.2) is 63.0 Å². The van der Waals surface area contributed by atoms with Crippen molar-refractivity contribution >= 4 is 5.91 Å². The fraction of sp³-hybridized carbons (Fsp3) is 0.800. The quantitative estimate of drug-likeness (QED) is 0.391. The Bertz CT molecular complexity index is 452. The monoisotopic (exact) mass is 282 g/mol. The number of β-amino-alcohol motifs (C(OH)–C–C–N with tert-alkyl or cyclic N) is 1. The summed E-state index contributed by atoms with van der Waals surface area (Å²) < 4.78 is 1.50. The summed E-state index contributed by atoms with van der Waals surface area (Å²) in [5, 5.41) is 26.8. The highest BCUT2D eigenvalue weighted by Gasteiger charge is 2.37. The summed E-state index contributed by atoms with van der Waals surface area (Å²) in [6.45, 7) is 1.78. The number of aromatic nitrogens is 4. The highest BCUT2D eigenvalue weighted by Crippen LogP contribution is 2.18. The van der Waals surface area contributed by atoms with E-state index in [9.17, 15) is 9.90 Å². The minimum Gasteiger partial charge on any atom is -0.390 e. The standard InChI is InChI=1S/C10H18N8O2/c19-8-4-11-2-1-7(8)14-10(20)6-3-12-15-9(6)18-5-13-16-17-18/h5-9,11-12,15,19H,1-4H2,(H,14,20)/t6?,7-,8-,9?/m1/s1. The van der Waals surface area contributed by atoms with Crippen molar-refractivity contribution in [2.45, 2.75) is 24.7 Å². The number of nitrogens with zero attached hydrogens (tertiary/aromatic N) is 4. The molecule has 3 rings (SSSR count). The largest absolute Gasteiger partial charge is 0.390 e. The van der Waals surface area contributed by atoms with E-state index in [1.807, 2.05) is 0 Å². The highest BCUT2D eigenvalue weighted by molar-refractivity contribution is 5.80. The fourth-order valence-corrected chi connectivity index (χ4v) is 2.57. The van der Waals surface area contributed by atoms with Crippen LogP contribution in [0.4, 0.5) is 0 Å². The average Bonchev–Trinajstić information content (AvgIpc) is 3.11. The molecule has 10 heteroatoms. The summed E-state index contributed by atoms with van der Waals surface area (Å²) in [6.07, 6.45) is 1.30. The molecule has 10 nitrogen and oxygen atoms in total. The van der Waals surface area contributed by atoms with Gasteiger partial charge in [-0.25, -0.2) is 10.1 Å². The van der Waals surface area contributed by atoms with Crippen LogP contribution >= 0.6 is 0 Å². The first kappa shape index (κ1) is 13.4. The second-order valence-electron chi connectivity index (χ2n) is 5.04. The third kappa shape index (κ3) is 2.63. The van der Waals surface area contributed by atoms with E-state index in [4.69, 9.17) is 0 Å². The van der Waals surface area contributed by atoms with E-state index in [0.29, 0.717) is 13.1 Å². The van der Waals surface area contributed by atoms with Crippen molar-refractivity contribution in [2.75, 3.05) is 19.6 Å². The van der Waals surface area contributed by atoms with Gasteiger partial charge in [-0.15, -0.1) is 5.10 Å². The zero-order chi connectivity index (χ0) is 13.9. The van der Waals surface area contributed by atoms with Crippen LogP contribution < -0.4 is 21.5 Å². The van der Waals surface area contributed by atoms with Gasteiger partial charge in [0.05, 0.1) is 18.1 Å². The number of piperidine rings is 1. The van der Waals surface area contributed by atoms with Gasteiger partial charge in [0.25, 0.3) is 0 Å². The minimum absolute atomic E-state index is 0.117. The zero-order valence-corrected chi connectivity index (χ0v) is 10.9. The lowest BCUT2D eigenvalue weighted by Gasteiger charge is -2.30. The van der Waals surface area contributed by atoms with E-state index >= 15 is 0 Å². The number of aliphatic hydroxyl groups excluding tert-OH is 1. The number of tetrazole rings is 1. The first-order valence-corrected chi connectivity index (χ1v) is 6.66. The van der Waals surface area contributed by atoms with E-state index in [-0.39, 0.29) is 24.0 Å². The van der Waals surface area contributed by atoms with Gasteiger partial charge in [0.2, 0.25) is 5.91 Å². The average molecular weight is 282 g/mol. The number of nitrogens with one attached hydrogen (secondary N) is 4. The van der Waals surface area contributed by atoms with Crippen molar-refractivity contribution in [3.8, 4) is 0 Å². The molecule has 0 bridgehead atoms. The highest BCUT2D eigenvalue weighted by atomic mass is 16.3. The van der Waals surface area contributed by atoms with E-state index in [1.165, 1.54) is 11.0 Å². The SMILES string of the molecule is O=C(N[C@@H]1CCNC[C@H]1O)C1CNNC1n1cnnn1. The third-order valence-electron chi connectivity index (χ3n) is 3.72. The molecule has 5 N–H and O–H groups in total. The third-order valence-corrected chi connectivity index (χ3v) is 3.72. The molecule has 2 aliphatic rings. The summed E-state index contributed by atoms with van der Waals surface area (Å²) in [6, 6.07) is -0.209. The first-order chi connectivity index (χ1) is 9.75. The number of rotatable bonds is 3.